The Balaban J connectivity index is 2.89. The predicted molar refractivity (Wildman–Crippen MR) is 60.7 cm³/mol. The number of thiazole rings is 1. The molecule has 0 atom stereocenters. The van der Waals surface area contributed by atoms with Gasteiger partial charge in [0.25, 0.3) is 0 Å². The van der Waals surface area contributed by atoms with Gasteiger partial charge in [-0.15, -0.1) is 11.3 Å². The van der Waals surface area contributed by atoms with Gasteiger partial charge in [-0.1, -0.05) is 27.7 Å². The van der Waals surface area contributed by atoms with Crippen LogP contribution in [-0.4, -0.2) is 10.1 Å². The van der Waals surface area contributed by atoms with Gasteiger partial charge in [-0.25, -0.2) is 4.98 Å². The van der Waals surface area contributed by atoms with Gasteiger partial charge in [0.2, 0.25) is 0 Å². The quantitative estimate of drug-likeness (QED) is 0.834. The van der Waals surface area contributed by atoms with Crippen LogP contribution in [0.25, 0.3) is 0 Å². The molecule has 0 unspecified atom stereocenters. The van der Waals surface area contributed by atoms with Crippen LogP contribution in [0, 0.1) is 5.92 Å². The van der Waals surface area contributed by atoms with Gasteiger partial charge < -0.3 is 5.11 Å². The highest BCUT2D eigenvalue weighted by Crippen LogP contribution is 2.26. The zero-order valence-corrected chi connectivity index (χ0v) is 10.2. The number of hydrogen-bond donors (Lipinski definition) is 1. The maximum atomic E-state index is 9.19. The summed E-state index contributed by atoms with van der Waals surface area (Å²) in [7, 11) is 0. The number of aromatic nitrogens is 1. The summed E-state index contributed by atoms with van der Waals surface area (Å²) in [4.78, 5) is 5.62. The zero-order valence-electron chi connectivity index (χ0n) is 9.37. The Labute approximate surface area is 90.0 Å². The third kappa shape index (κ3) is 2.79. The molecular weight excluding hydrogens is 194 g/mol. The fourth-order valence-electron chi connectivity index (χ4n) is 1.41. The molecule has 1 rings (SSSR count). The Bertz CT molecular complexity index is 291. The van der Waals surface area contributed by atoms with E-state index in [9.17, 15) is 5.11 Å². The van der Waals surface area contributed by atoms with Gasteiger partial charge in [0.15, 0.2) is 0 Å². The van der Waals surface area contributed by atoms with Gasteiger partial charge in [-0.2, -0.15) is 0 Å². The van der Waals surface area contributed by atoms with E-state index in [1.54, 1.807) is 11.3 Å². The second kappa shape index (κ2) is 4.89. The molecule has 80 valence electrons. The van der Waals surface area contributed by atoms with Crippen LogP contribution >= 0.6 is 11.3 Å². The highest BCUT2D eigenvalue weighted by molar-refractivity contribution is 7.11. The van der Waals surface area contributed by atoms with Crippen LogP contribution in [0.5, 0.6) is 0 Å². The van der Waals surface area contributed by atoms with Crippen molar-refractivity contribution in [2.75, 3.05) is 0 Å². The van der Waals surface area contributed by atoms with Crippen LogP contribution in [0.1, 0.15) is 49.2 Å². The second-order valence-corrected chi connectivity index (χ2v) is 5.49. The number of hydrogen-bond acceptors (Lipinski definition) is 3. The number of aliphatic hydroxyl groups is 1. The molecule has 1 aromatic heterocycles. The normalized spacial score (nSPS) is 11.6. The van der Waals surface area contributed by atoms with E-state index < -0.39 is 0 Å². The van der Waals surface area contributed by atoms with Crippen molar-refractivity contribution in [3.8, 4) is 0 Å². The molecule has 0 aliphatic carbocycles. The lowest BCUT2D eigenvalue weighted by molar-refractivity contribution is 0.283. The summed E-state index contributed by atoms with van der Waals surface area (Å²) in [5.74, 6) is 1.04. The molecule has 2 nitrogen and oxygen atoms in total. The molecule has 1 N–H and O–H groups in total. The lowest BCUT2D eigenvalue weighted by Gasteiger charge is -2.01. The molecule has 0 spiro atoms. The summed E-state index contributed by atoms with van der Waals surface area (Å²) in [5.41, 5.74) is 1.08. The molecule has 3 heteroatoms. The van der Waals surface area contributed by atoms with Gasteiger partial charge in [0.1, 0.15) is 0 Å². The number of rotatable bonds is 4. The monoisotopic (exact) mass is 213 g/mol. The van der Waals surface area contributed by atoms with Crippen molar-refractivity contribution >= 4 is 11.3 Å². The van der Waals surface area contributed by atoms with E-state index in [1.807, 2.05) is 0 Å². The van der Waals surface area contributed by atoms with Crippen molar-refractivity contribution in [3.05, 3.63) is 15.6 Å². The molecule has 0 aliphatic rings. The van der Waals surface area contributed by atoms with E-state index in [0.29, 0.717) is 11.8 Å². The van der Waals surface area contributed by atoms with Crippen molar-refractivity contribution in [1.29, 1.82) is 0 Å². The Morgan fingerprint density at radius 1 is 1.29 bits per heavy atom. The van der Waals surface area contributed by atoms with Crippen LogP contribution in [0.15, 0.2) is 0 Å². The van der Waals surface area contributed by atoms with Crippen LogP contribution in [0.3, 0.4) is 0 Å². The number of nitrogens with zero attached hydrogens (tertiary/aromatic N) is 1. The third-order valence-corrected chi connectivity index (χ3v) is 3.12. The highest BCUT2D eigenvalue weighted by atomic mass is 32.1. The summed E-state index contributed by atoms with van der Waals surface area (Å²) >= 11 is 1.66. The van der Waals surface area contributed by atoms with Crippen molar-refractivity contribution in [2.24, 2.45) is 5.92 Å². The van der Waals surface area contributed by atoms with Crippen molar-refractivity contribution in [3.63, 3.8) is 0 Å². The Morgan fingerprint density at radius 3 is 2.29 bits per heavy atom. The average Bonchev–Trinajstić information content (AvgIpc) is 2.46. The Hall–Kier alpha value is -0.410. The lowest BCUT2D eigenvalue weighted by Crippen LogP contribution is -1.96. The van der Waals surface area contributed by atoms with Gasteiger partial charge in [0.05, 0.1) is 22.2 Å². The molecule has 14 heavy (non-hydrogen) atoms. The summed E-state index contributed by atoms with van der Waals surface area (Å²) in [6, 6.07) is 0. The van der Waals surface area contributed by atoms with Gasteiger partial charge >= 0.3 is 0 Å². The largest absolute Gasteiger partial charge is 0.391 e. The molecule has 0 bridgehead atoms. The zero-order chi connectivity index (χ0) is 10.7. The summed E-state index contributed by atoms with van der Waals surface area (Å²) < 4.78 is 0. The second-order valence-electron chi connectivity index (χ2n) is 4.33. The summed E-state index contributed by atoms with van der Waals surface area (Å²) in [5, 5.41) is 10.3. The maximum Gasteiger partial charge on any atom is 0.0934 e. The van der Waals surface area contributed by atoms with E-state index >= 15 is 0 Å². The first-order valence-electron chi connectivity index (χ1n) is 5.14. The van der Waals surface area contributed by atoms with Crippen LogP contribution in [-0.2, 0) is 13.0 Å². The van der Waals surface area contributed by atoms with E-state index in [1.165, 1.54) is 0 Å². The van der Waals surface area contributed by atoms with E-state index in [-0.39, 0.29) is 6.61 Å². The molecule has 1 heterocycles. The van der Waals surface area contributed by atoms with Crippen molar-refractivity contribution in [1.82, 2.24) is 4.98 Å². The van der Waals surface area contributed by atoms with Crippen molar-refractivity contribution < 1.29 is 5.11 Å². The van der Waals surface area contributed by atoms with Crippen LogP contribution in [0.2, 0.25) is 0 Å². The highest BCUT2D eigenvalue weighted by Gasteiger charge is 2.13. The maximum absolute atomic E-state index is 9.19. The fourth-order valence-corrected chi connectivity index (χ4v) is 2.71. The van der Waals surface area contributed by atoms with E-state index in [4.69, 9.17) is 0 Å². The minimum Gasteiger partial charge on any atom is -0.391 e. The van der Waals surface area contributed by atoms with Crippen LogP contribution in [0.4, 0.5) is 0 Å². The fraction of sp³-hybridized carbons (Fsp3) is 0.727. The third-order valence-electron chi connectivity index (χ3n) is 2.05. The first kappa shape index (κ1) is 11.7. The molecule has 0 saturated carbocycles. The van der Waals surface area contributed by atoms with Crippen molar-refractivity contribution in [2.45, 2.75) is 46.6 Å². The summed E-state index contributed by atoms with van der Waals surface area (Å²) in [6.45, 7) is 8.74. The first-order valence-corrected chi connectivity index (χ1v) is 5.95. The van der Waals surface area contributed by atoms with Crippen LogP contribution < -0.4 is 0 Å². The standard InChI is InChI=1S/C11H19NOS/c1-7(2)5-10-12-11(8(3)4)9(6-13)14-10/h7-8,13H,5-6H2,1-4H3. The molecule has 1 aromatic rings. The minimum atomic E-state index is 0.128. The SMILES string of the molecule is CC(C)Cc1nc(C(C)C)c(CO)s1. The molecule has 0 saturated heterocycles. The molecule has 0 radical (unpaired) electrons. The molecule has 0 aliphatic heterocycles. The topological polar surface area (TPSA) is 33.1 Å². The van der Waals surface area contributed by atoms with Gasteiger partial charge in [0, 0.05) is 6.42 Å². The van der Waals surface area contributed by atoms with E-state index in [0.717, 1.165) is 22.0 Å². The van der Waals surface area contributed by atoms with Gasteiger partial charge in [-0.3, -0.25) is 0 Å². The lowest BCUT2D eigenvalue weighted by atomic mass is 10.1. The van der Waals surface area contributed by atoms with Gasteiger partial charge in [-0.05, 0) is 11.8 Å². The number of aliphatic hydroxyl groups excluding tert-OH is 1. The molecule has 0 amide bonds. The molecular formula is C11H19NOS. The minimum absolute atomic E-state index is 0.128. The molecule has 0 aromatic carbocycles. The Morgan fingerprint density at radius 2 is 1.93 bits per heavy atom. The Kier molecular flexibility index (Phi) is 4.08. The average molecular weight is 213 g/mol. The predicted octanol–water partition coefficient (Wildman–Crippen LogP) is 2.96. The summed E-state index contributed by atoms with van der Waals surface area (Å²) in [6.07, 6.45) is 1.02. The smallest absolute Gasteiger partial charge is 0.0934 e. The first-order chi connectivity index (χ1) is 6.54. The molecule has 0 fully saturated rings. The van der Waals surface area contributed by atoms with E-state index in [2.05, 4.69) is 32.7 Å².